The molecule has 19 heavy (non-hydrogen) atoms. The Morgan fingerprint density at radius 2 is 2.00 bits per heavy atom. The van der Waals surface area contributed by atoms with Gasteiger partial charge in [0.1, 0.15) is 0 Å². The van der Waals surface area contributed by atoms with Gasteiger partial charge in [0.05, 0.1) is 17.5 Å². The molecule has 6 heteroatoms. The summed E-state index contributed by atoms with van der Waals surface area (Å²) in [6.07, 6.45) is 4.84. The monoisotopic (exact) mass is 291 g/mol. The van der Waals surface area contributed by atoms with Gasteiger partial charge in [-0.15, -0.1) is 0 Å². The SMILES string of the molecule is CC1CCC(O)(CNS(=O)(=O)CC2CCCO2)CC1. The zero-order chi connectivity index (χ0) is 13.9. The van der Waals surface area contributed by atoms with Crippen molar-refractivity contribution in [3.05, 3.63) is 0 Å². The summed E-state index contributed by atoms with van der Waals surface area (Å²) < 4.78 is 31.8. The molecule has 1 saturated heterocycles. The molecule has 5 nitrogen and oxygen atoms in total. The molecule has 0 aromatic rings. The lowest BCUT2D eigenvalue weighted by molar-refractivity contribution is -0.00190. The number of aliphatic hydroxyl groups is 1. The number of nitrogens with one attached hydrogen (secondary N) is 1. The van der Waals surface area contributed by atoms with E-state index in [1.165, 1.54) is 0 Å². The molecule has 0 spiro atoms. The van der Waals surface area contributed by atoms with E-state index in [4.69, 9.17) is 4.74 Å². The second-order valence-corrected chi connectivity index (χ2v) is 8.00. The number of hydrogen-bond acceptors (Lipinski definition) is 4. The lowest BCUT2D eigenvalue weighted by Gasteiger charge is -2.34. The summed E-state index contributed by atoms with van der Waals surface area (Å²) in [5.74, 6) is 0.642. The van der Waals surface area contributed by atoms with Crippen LogP contribution in [0.3, 0.4) is 0 Å². The van der Waals surface area contributed by atoms with E-state index in [-0.39, 0.29) is 18.4 Å². The minimum absolute atomic E-state index is 0.0134. The molecule has 1 atom stereocenters. The highest BCUT2D eigenvalue weighted by molar-refractivity contribution is 7.89. The first-order chi connectivity index (χ1) is 8.89. The smallest absolute Gasteiger partial charge is 0.214 e. The van der Waals surface area contributed by atoms with Crippen LogP contribution in [0.15, 0.2) is 0 Å². The summed E-state index contributed by atoms with van der Waals surface area (Å²) in [7, 11) is -3.35. The molecule has 1 saturated carbocycles. The summed E-state index contributed by atoms with van der Waals surface area (Å²) in [5.41, 5.74) is -0.865. The maximum atomic E-state index is 11.9. The molecule has 112 valence electrons. The van der Waals surface area contributed by atoms with Gasteiger partial charge in [-0.3, -0.25) is 0 Å². The summed E-state index contributed by atoms with van der Waals surface area (Å²) in [5, 5.41) is 10.4. The molecule has 0 aromatic heterocycles. The summed E-state index contributed by atoms with van der Waals surface area (Å²) >= 11 is 0. The van der Waals surface area contributed by atoms with E-state index in [1.807, 2.05) is 0 Å². The third-order valence-corrected chi connectivity index (χ3v) is 5.65. The van der Waals surface area contributed by atoms with Crippen molar-refractivity contribution in [1.82, 2.24) is 4.72 Å². The van der Waals surface area contributed by atoms with Crippen LogP contribution in [0.25, 0.3) is 0 Å². The molecule has 0 amide bonds. The Balaban J connectivity index is 1.80. The molecule has 0 radical (unpaired) electrons. The lowest BCUT2D eigenvalue weighted by atomic mass is 9.80. The maximum Gasteiger partial charge on any atom is 0.214 e. The van der Waals surface area contributed by atoms with Crippen molar-refractivity contribution in [2.45, 2.75) is 57.2 Å². The summed E-state index contributed by atoms with van der Waals surface area (Å²) in [6, 6.07) is 0. The Morgan fingerprint density at radius 3 is 2.58 bits per heavy atom. The third-order valence-electron chi connectivity index (χ3n) is 4.26. The van der Waals surface area contributed by atoms with Crippen LogP contribution in [0.1, 0.15) is 45.4 Å². The minimum atomic E-state index is -3.35. The van der Waals surface area contributed by atoms with E-state index < -0.39 is 15.6 Å². The molecular weight excluding hydrogens is 266 g/mol. The van der Waals surface area contributed by atoms with E-state index in [0.29, 0.717) is 25.4 Å². The van der Waals surface area contributed by atoms with Gasteiger partial charge >= 0.3 is 0 Å². The van der Waals surface area contributed by atoms with Crippen molar-refractivity contribution in [1.29, 1.82) is 0 Å². The average Bonchev–Trinajstić information content (AvgIpc) is 2.83. The quantitative estimate of drug-likeness (QED) is 0.793. The van der Waals surface area contributed by atoms with E-state index >= 15 is 0 Å². The fourth-order valence-corrected chi connectivity index (χ4v) is 4.16. The van der Waals surface area contributed by atoms with E-state index in [2.05, 4.69) is 11.6 Å². The Bertz CT molecular complexity index is 381. The topological polar surface area (TPSA) is 75.6 Å². The van der Waals surface area contributed by atoms with E-state index in [1.54, 1.807) is 0 Å². The van der Waals surface area contributed by atoms with Crippen molar-refractivity contribution in [2.75, 3.05) is 18.9 Å². The second-order valence-electron chi connectivity index (χ2n) is 6.14. The Labute approximate surface area is 115 Å². The van der Waals surface area contributed by atoms with Crippen LogP contribution in [0.2, 0.25) is 0 Å². The molecule has 0 bridgehead atoms. The first kappa shape index (κ1) is 15.2. The second kappa shape index (κ2) is 6.08. The number of rotatable bonds is 5. The van der Waals surface area contributed by atoms with Crippen LogP contribution in [0.4, 0.5) is 0 Å². The fourth-order valence-electron chi connectivity index (χ4n) is 2.80. The maximum absolute atomic E-state index is 11.9. The molecule has 0 aromatic carbocycles. The van der Waals surface area contributed by atoms with Crippen molar-refractivity contribution in [3.8, 4) is 0 Å². The largest absolute Gasteiger partial charge is 0.389 e. The number of ether oxygens (including phenoxy) is 1. The first-order valence-corrected chi connectivity index (χ1v) is 8.85. The van der Waals surface area contributed by atoms with Crippen LogP contribution < -0.4 is 4.72 Å². The van der Waals surface area contributed by atoms with Gasteiger partial charge in [-0.25, -0.2) is 13.1 Å². The molecule has 2 rings (SSSR count). The Kier molecular flexibility index (Phi) is 4.87. The molecule has 2 aliphatic rings. The summed E-state index contributed by atoms with van der Waals surface area (Å²) in [4.78, 5) is 0. The fraction of sp³-hybridized carbons (Fsp3) is 1.00. The molecule has 2 N–H and O–H groups in total. The molecular formula is C13H25NO4S. The predicted molar refractivity (Wildman–Crippen MR) is 73.3 cm³/mol. The number of sulfonamides is 1. The highest BCUT2D eigenvalue weighted by Gasteiger charge is 2.33. The molecule has 1 aliphatic carbocycles. The van der Waals surface area contributed by atoms with Gasteiger partial charge in [0.15, 0.2) is 0 Å². The molecule has 1 unspecified atom stereocenters. The van der Waals surface area contributed by atoms with E-state index in [9.17, 15) is 13.5 Å². The average molecular weight is 291 g/mol. The van der Waals surface area contributed by atoms with Gasteiger partial charge in [-0.05, 0) is 44.4 Å². The third kappa shape index (κ3) is 4.70. The van der Waals surface area contributed by atoms with Gasteiger partial charge < -0.3 is 9.84 Å². The normalized spacial score (nSPS) is 36.5. The van der Waals surface area contributed by atoms with Crippen LogP contribution in [-0.4, -0.2) is 44.1 Å². The van der Waals surface area contributed by atoms with Crippen LogP contribution >= 0.6 is 0 Å². The zero-order valence-corrected chi connectivity index (χ0v) is 12.4. The summed E-state index contributed by atoms with van der Waals surface area (Å²) in [6.45, 7) is 2.96. The van der Waals surface area contributed by atoms with Crippen LogP contribution in [0.5, 0.6) is 0 Å². The van der Waals surface area contributed by atoms with Gasteiger partial charge in [-0.2, -0.15) is 0 Å². The molecule has 1 heterocycles. The minimum Gasteiger partial charge on any atom is -0.389 e. The van der Waals surface area contributed by atoms with Crippen molar-refractivity contribution >= 4 is 10.0 Å². The standard InChI is InChI=1S/C13H25NO4S/c1-11-4-6-13(15,7-5-11)10-14-19(16,17)9-12-3-2-8-18-12/h11-12,14-15H,2-10H2,1H3. The zero-order valence-electron chi connectivity index (χ0n) is 11.6. The van der Waals surface area contributed by atoms with Crippen molar-refractivity contribution < 1.29 is 18.3 Å². The van der Waals surface area contributed by atoms with Crippen LogP contribution in [0, 0.1) is 5.92 Å². The highest BCUT2D eigenvalue weighted by atomic mass is 32.2. The predicted octanol–water partition coefficient (Wildman–Crippen LogP) is 1.03. The van der Waals surface area contributed by atoms with Gasteiger partial charge in [-0.1, -0.05) is 6.92 Å². The molecule has 2 fully saturated rings. The van der Waals surface area contributed by atoms with Crippen molar-refractivity contribution in [3.63, 3.8) is 0 Å². The lowest BCUT2D eigenvalue weighted by Crippen LogP contribution is -2.46. The Morgan fingerprint density at radius 1 is 1.32 bits per heavy atom. The Hall–Kier alpha value is -0.170. The number of hydrogen-bond donors (Lipinski definition) is 2. The first-order valence-electron chi connectivity index (χ1n) is 7.20. The molecule has 1 aliphatic heterocycles. The van der Waals surface area contributed by atoms with Crippen LogP contribution in [-0.2, 0) is 14.8 Å². The van der Waals surface area contributed by atoms with Gasteiger partial charge in [0, 0.05) is 13.2 Å². The highest BCUT2D eigenvalue weighted by Crippen LogP contribution is 2.31. The van der Waals surface area contributed by atoms with Crippen molar-refractivity contribution in [2.24, 2.45) is 5.92 Å². The van der Waals surface area contributed by atoms with Gasteiger partial charge in [0.2, 0.25) is 10.0 Å². The van der Waals surface area contributed by atoms with Gasteiger partial charge in [0.25, 0.3) is 0 Å². The van der Waals surface area contributed by atoms with E-state index in [0.717, 1.165) is 25.7 Å².